The van der Waals surface area contributed by atoms with Gasteiger partial charge in [0.1, 0.15) is 5.75 Å². The molecule has 2 N–H and O–H groups in total. The molecule has 0 saturated carbocycles. The molecule has 0 atom stereocenters. The molecule has 0 amide bonds. The number of guanidine groups is 1. The van der Waals surface area contributed by atoms with Crippen molar-refractivity contribution in [2.75, 3.05) is 33.8 Å². The molecule has 0 spiro atoms. The van der Waals surface area contributed by atoms with E-state index in [4.69, 9.17) is 4.74 Å². The van der Waals surface area contributed by atoms with Crippen molar-refractivity contribution in [2.24, 2.45) is 4.99 Å². The zero-order valence-electron chi connectivity index (χ0n) is 16.4. The molecule has 2 aromatic rings. The summed E-state index contributed by atoms with van der Waals surface area (Å²) in [6.45, 7) is 4.99. The predicted octanol–water partition coefficient (Wildman–Crippen LogP) is 2.81. The number of hydrogen-bond donors (Lipinski definition) is 2. The van der Waals surface area contributed by atoms with Gasteiger partial charge in [0.2, 0.25) is 0 Å². The van der Waals surface area contributed by atoms with E-state index in [0.29, 0.717) is 0 Å². The summed E-state index contributed by atoms with van der Waals surface area (Å²) in [6.07, 6.45) is 2.26. The Balaban J connectivity index is 1.35. The Labute approximate surface area is 162 Å². The summed E-state index contributed by atoms with van der Waals surface area (Å²) < 4.78 is 5.19. The number of rotatable bonds is 7. The van der Waals surface area contributed by atoms with Crippen molar-refractivity contribution >= 4 is 5.96 Å². The van der Waals surface area contributed by atoms with Crippen LogP contribution in [0.3, 0.4) is 0 Å². The first kappa shape index (κ1) is 19.2. The van der Waals surface area contributed by atoms with Gasteiger partial charge in [-0.1, -0.05) is 36.4 Å². The molecule has 0 saturated heterocycles. The minimum absolute atomic E-state index is 0.743. The van der Waals surface area contributed by atoms with Crippen LogP contribution >= 0.6 is 0 Å². The van der Waals surface area contributed by atoms with Crippen LogP contribution in [0.25, 0.3) is 0 Å². The normalized spacial score (nSPS) is 14.5. The van der Waals surface area contributed by atoms with E-state index in [1.165, 1.54) is 16.7 Å². The topological polar surface area (TPSA) is 48.9 Å². The highest BCUT2D eigenvalue weighted by Crippen LogP contribution is 2.18. The lowest BCUT2D eigenvalue weighted by molar-refractivity contribution is 0.251. The molecule has 1 aliphatic rings. The van der Waals surface area contributed by atoms with Gasteiger partial charge in [-0.15, -0.1) is 0 Å². The first-order valence-electron chi connectivity index (χ1n) is 9.65. The number of hydrogen-bond acceptors (Lipinski definition) is 3. The lowest BCUT2D eigenvalue weighted by atomic mass is 10.00. The van der Waals surface area contributed by atoms with Crippen LogP contribution in [0.1, 0.15) is 23.1 Å². The molecule has 0 bridgehead atoms. The van der Waals surface area contributed by atoms with Gasteiger partial charge in [0.25, 0.3) is 0 Å². The molecule has 2 aromatic carbocycles. The molecule has 0 aliphatic carbocycles. The van der Waals surface area contributed by atoms with Crippen LogP contribution < -0.4 is 15.4 Å². The minimum Gasteiger partial charge on any atom is -0.497 e. The molecule has 5 nitrogen and oxygen atoms in total. The van der Waals surface area contributed by atoms with Gasteiger partial charge in [0.05, 0.1) is 7.11 Å². The van der Waals surface area contributed by atoms with Gasteiger partial charge in [-0.25, -0.2) is 0 Å². The van der Waals surface area contributed by atoms with E-state index < -0.39 is 0 Å². The molecule has 0 radical (unpaired) electrons. The van der Waals surface area contributed by atoms with Gasteiger partial charge in [0.15, 0.2) is 5.96 Å². The molecule has 0 aromatic heterocycles. The molecule has 0 fully saturated rings. The third kappa shape index (κ3) is 5.73. The third-order valence-corrected chi connectivity index (χ3v) is 5.00. The summed E-state index contributed by atoms with van der Waals surface area (Å²) in [4.78, 5) is 6.85. The Kier molecular flexibility index (Phi) is 7.11. The Morgan fingerprint density at radius 2 is 1.85 bits per heavy atom. The number of fused-ring (bicyclic) bond motifs is 1. The molecule has 1 heterocycles. The van der Waals surface area contributed by atoms with Crippen molar-refractivity contribution in [2.45, 2.75) is 25.9 Å². The first-order chi connectivity index (χ1) is 13.3. The zero-order valence-corrected chi connectivity index (χ0v) is 16.4. The predicted molar refractivity (Wildman–Crippen MR) is 111 cm³/mol. The van der Waals surface area contributed by atoms with Crippen molar-refractivity contribution < 1.29 is 4.74 Å². The maximum absolute atomic E-state index is 5.19. The highest BCUT2D eigenvalue weighted by molar-refractivity contribution is 5.79. The summed E-state index contributed by atoms with van der Waals surface area (Å²) in [5, 5.41) is 6.77. The fourth-order valence-electron chi connectivity index (χ4n) is 3.40. The second-order valence-corrected chi connectivity index (χ2v) is 6.85. The lowest BCUT2D eigenvalue weighted by Gasteiger charge is -2.28. The van der Waals surface area contributed by atoms with E-state index in [0.717, 1.165) is 57.3 Å². The quantitative estimate of drug-likeness (QED) is 0.449. The van der Waals surface area contributed by atoms with E-state index in [-0.39, 0.29) is 0 Å². The Morgan fingerprint density at radius 3 is 2.59 bits per heavy atom. The van der Waals surface area contributed by atoms with Crippen LogP contribution in [-0.2, 0) is 19.5 Å². The maximum atomic E-state index is 5.19. The molecule has 144 valence electrons. The molecule has 0 unspecified atom stereocenters. The van der Waals surface area contributed by atoms with Crippen LogP contribution in [0.15, 0.2) is 53.5 Å². The van der Waals surface area contributed by atoms with E-state index in [1.54, 1.807) is 7.11 Å². The van der Waals surface area contributed by atoms with Crippen molar-refractivity contribution in [1.29, 1.82) is 0 Å². The van der Waals surface area contributed by atoms with Crippen LogP contribution in [0.2, 0.25) is 0 Å². The van der Waals surface area contributed by atoms with Crippen LogP contribution in [0.5, 0.6) is 5.75 Å². The summed E-state index contributed by atoms with van der Waals surface area (Å²) in [7, 11) is 3.49. The summed E-state index contributed by atoms with van der Waals surface area (Å²) in [6, 6.07) is 16.9. The molecule has 27 heavy (non-hydrogen) atoms. The SMILES string of the molecule is CN=C(NCCCN1CCc2ccccc2C1)NCc1ccc(OC)cc1. The van der Waals surface area contributed by atoms with E-state index >= 15 is 0 Å². The average molecular weight is 367 g/mol. The summed E-state index contributed by atoms with van der Waals surface area (Å²) >= 11 is 0. The first-order valence-corrected chi connectivity index (χ1v) is 9.65. The fourth-order valence-corrected chi connectivity index (χ4v) is 3.40. The minimum atomic E-state index is 0.743. The maximum Gasteiger partial charge on any atom is 0.191 e. The molecule has 5 heteroatoms. The van der Waals surface area contributed by atoms with Gasteiger partial charge < -0.3 is 15.4 Å². The summed E-state index contributed by atoms with van der Waals surface area (Å²) in [5.41, 5.74) is 4.19. The van der Waals surface area contributed by atoms with E-state index in [1.807, 2.05) is 19.2 Å². The number of ether oxygens (including phenoxy) is 1. The van der Waals surface area contributed by atoms with Crippen LogP contribution in [-0.4, -0.2) is 44.7 Å². The van der Waals surface area contributed by atoms with E-state index in [2.05, 4.69) is 56.9 Å². The third-order valence-electron chi connectivity index (χ3n) is 5.00. The van der Waals surface area contributed by atoms with E-state index in [9.17, 15) is 0 Å². The highest BCUT2D eigenvalue weighted by atomic mass is 16.5. The van der Waals surface area contributed by atoms with Crippen molar-refractivity contribution in [3.63, 3.8) is 0 Å². The molecular formula is C22H30N4O. The molecular weight excluding hydrogens is 336 g/mol. The van der Waals surface area contributed by atoms with Gasteiger partial charge in [-0.3, -0.25) is 9.89 Å². The Morgan fingerprint density at radius 1 is 1.07 bits per heavy atom. The number of nitrogens with one attached hydrogen (secondary N) is 2. The van der Waals surface area contributed by atoms with Crippen molar-refractivity contribution in [3.8, 4) is 5.75 Å². The van der Waals surface area contributed by atoms with Crippen molar-refractivity contribution in [3.05, 3.63) is 65.2 Å². The smallest absolute Gasteiger partial charge is 0.191 e. The second kappa shape index (κ2) is 9.97. The Bertz CT molecular complexity index is 742. The number of aliphatic imine (C=N–C) groups is 1. The standard InChI is InChI=1S/C22H30N4O/c1-23-22(25-16-18-8-10-21(27-2)11-9-18)24-13-5-14-26-15-12-19-6-3-4-7-20(19)17-26/h3-4,6-11H,5,12-17H2,1-2H3,(H2,23,24,25). The molecule has 3 rings (SSSR count). The lowest BCUT2D eigenvalue weighted by Crippen LogP contribution is -2.39. The summed E-state index contributed by atoms with van der Waals surface area (Å²) in [5.74, 6) is 1.72. The molecule has 1 aliphatic heterocycles. The van der Waals surface area contributed by atoms with Crippen LogP contribution in [0, 0.1) is 0 Å². The zero-order chi connectivity index (χ0) is 18.9. The second-order valence-electron chi connectivity index (χ2n) is 6.85. The Hall–Kier alpha value is -2.53. The highest BCUT2D eigenvalue weighted by Gasteiger charge is 2.14. The van der Waals surface area contributed by atoms with Gasteiger partial charge in [-0.2, -0.15) is 0 Å². The monoisotopic (exact) mass is 366 g/mol. The number of nitrogens with zero attached hydrogens (tertiary/aromatic N) is 2. The fraction of sp³-hybridized carbons (Fsp3) is 0.409. The van der Waals surface area contributed by atoms with Crippen LogP contribution in [0.4, 0.5) is 0 Å². The van der Waals surface area contributed by atoms with Crippen molar-refractivity contribution in [1.82, 2.24) is 15.5 Å². The number of benzene rings is 2. The average Bonchev–Trinajstić information content (AvgIpc) is 2.73. The van der Waals surface area contributed by atoms with Gasteiger partial charge in [0, 0.05) is 39.8 Å². The van der Waals surface area contributed by atoms with Gasteiger partial charge in [-0.05, 0) is 41.7 Å². The van der Waals surface area contributed by atoms with Gasteiger partial charge >= 0.3 is 0 Å². The number of methoxy groups -OCH3 is 1. The largest absolute Gasteiger partial charge is 0.497 e.